The number of hydrogen-bond acceptors (Lipinski definition) is 4. The third-order valence-electron chi connectivity index (χ3n) is 3.93. The lowest BCUT2D eigenvalue weighted by Gasteiger charge is -2.36. The van der Waals surface area contributed by atoms with Crippen molar-refractivity contribution in [1.82, 2.24) is 9.80 Å². The van der Waals surface area contributed by atoms with Gasteiger partial charge in [0, 0.05) is 25.7 Å². The van der Waals surface area contributed by atoms with Crippen molar-refractivity contribution in [3.63, 3.8) is 0 Å². The molecule has 20 heavy (non-hydrogen) atoms. The standard InChI is InChI=1S/C13H22N2O5/c16-7-2-4-10-3-1-5-15(10)13(19)14-6-8-20-11(9-14)12(17)18/h10-11,16H,1-9H2,(H,17,18). The Kier molecular flexibility index (Phi) is 5.19. The molecule has 2 atom stereocenters. The Balaban J connectivity index is 1.93. The molecule has 0 bridgehead atoms. The molecule has 2 rings (SSSR count). The van der Waals surface area contributed by atoms with Gasteiger partial charge in [0.05, 0.1) is 13.2 Å². The summed E-state index contributed by atoms with van der Waals surface area (Å²) in [6, 6.07) is 0.0702. The average molecular weight is 286 g/mol. The molecular weight excluding hydrogens is 264 g/mol. The number of ether oxygens (including phenoxy) is 1. The summed E-state index contributed by atoms with van der Waals surface area (Å²) >= 11 is 0. The lowest BCUT2D eigenvalue weighted by atomic mass is 10.1. The first kappa shape index (κ1) is 15.1. The molecule has 2 saturated heterocycles. The van der Waals surface area contributed by atoms with Gasteiger partial charge < -0.3 is 24.7 Å². The van der Waals surface area contributed by atoms with Crippen LogP contribution in [0.1, 0.15) is 25.7 Å². The highest BCUT2D eigenvalue weighted by Gasteiger charge is 2.35. The number of likely N-dealkylation sites (tertiary alicyclic amines) is 1. The number of aliphatic hydroxyl groups excluding tert-OH is 1. The first-order chi connectivity index (χ1) is 9.63. The van der Waals surface area contributed by atoms with Crippen LogP contribution < -0.4 is 0 Å². The highest BCUT2D eigenvalue weighted by molar-refractivity contribution is 5.78. The minimum absolute atomic E-state index is 0.0972. The molecule has 0 aromatic rings. The summed E-state index contributed by atoms with van der Waals surface area (Å²) in [5.74, 6) is -1.03. The van der Waals surface area contributed by atoms with Gasteiger partial charge >= 0.3 is 12.0 Å². The highest BCUT2D eigenvalue weighted by atomic mass is 16.5. The van der Waals surface area contributed by atoms with E-state index in [2.05, 4.69) is 0 Å². The number of hydrogen-bond donors (Lipinski definition) is 2. The van der Waals surface area contributed by atoms with Crippen LogP contribution in [0.2, 0.25) is 0 Å². The molecule has 2 aliphatic heterocycles. The molecule has 2 heterocycles. The molecule has 0 aromatic carbocycles. The van der Waals surface area contributed by atoms with Gasteiger partial charge in [0.25, 0.3) is 0 Å². The zero-order valence-electron chi connectivity index (χ0n) is 11.5. The van der Waals surface area contributed by atoms with Crippen molar-refractivity contribution in [3.05, 3.63) is 0 Å². The van der Waals surface area contributed by atoms with Crippen LogP contribution in [0.15, 0.2) is 0 Å². The molecule has 0 aliphatic carbocycles. The normalized spacial score (nSPS) is 26.9. The molecule has 7 heteroatoms. The summed E-state index contributed by atoms with van der Waals surface area (Å²) in [6.07, 6.45) is 2.49. The van der Waals surface area contributed by atoms with Gasteiger partial charge in [-0.15, -0.1) is 0 Å². The second-order valence-corrected chi connectivity index (χ2v) is 5.28. The number of carbonyl (C=O) groups is 2. The first-order valence-electron chi connectivity index (χ1n) is 7.14. The smallest absolute Gasteiger partial charge is 0.334 e. The van der Waals surface area contributed by atoms with E-state index in [9.17, 15) is 9.59 Å². The maximum Gasteiger partial charge on any atom is 0.334 e. The molecule has 0 saturated carbocycles. The fourth-order valence-corrected chi connectivity index (χ4v) is 2.87. The number of carboxylic acid groups (broad SMARTS) is 1. The lowest BCUT2D eigenvalue weighted by Crippen LogP contribution is -2.53. The molecule has 0 aromatic heterocycles. The molecule has 2 amide bonds. The van der Waals surface area contributed by atoms with Gasteiger partial charge in [0.15, 0.2) is 6.10 Å². The van der Waals surface area contributed by atoms with Gasteiger partial charge in [-0.2, -0.15) is 0 Å². The van der Waals surface area contributed by atoms with Gasteiger partial charge in [0.1, 0.15) is 0 Å². The second kappa shape index (κ2) is 6.90. The zero-order chi connectivity index (χ0) is 14.5. The van der Waals surface area contributed by atoms with E-state index in [4.69, 9.17) is 14.9 Å². The van der Waals surface area contributed by atoms with Crippen molar-refractivity contribution in [2.45, 2.75) is 37.8 Å². The second-order valence-electron chi connectivity index (χ2n) is 5.28. The van der Waals surface area contributed by atoms with E-state index in [0.29, 0.717) is 19.5 Å². The summed E-state index contributed by atoms with van der Waals surface area (Å²) < 4.78 is 5.13. The molecule has 2 fully saturated rings. The van der Waals surface area contributed by atoms with Crippen molar-refractivity contribution < 1.29 is 24.5 Å². The number of morpholine rings is 1. The predicted octanol–water partition coefficient (Wildman–Crippen LogP) is 0.129. The number of aliphatic carboxylic acids is 1. The lowest BCUT2D eigenvalue weighted by molar-refractivity contribution is -0.154. The van der Waals surface area contributed by atoms with E-state index in [1.165, 1.54) is 0 Å². The van der Waals surface area contributed by atoms with Crippen LogP contribution in [-0.2, 0) is 9.53 Å². The van der Waals surface area contributed by atoms with Crippen LogP contribution in [0.3, 0.4) is 0 Å². The van der Waals surface area contributed by atoms with E-state index in [0.717, 1.165) is 19.3 Å². The maximum absolute atomic E-state index is 12.5. The van der Waals surface area contributed by atoms with Crippen molar-refractivity contribution in [2.75, 3.05) is 32.8 Å². The maximum atomic E-state index is 12.5. The Hall–Kier alpha value is -1.34. The van der Waals surface area contributed by atoms with Crippen molar-refractivity contribution in [2.24, 2.45) is 0 Å². The minimum atomic E-state index is -1.03. The Bertz CT molecular complexity index is 363. The fourth-order valence-electron chi connectivity index (χ4n) is 2.87. The van der Waals surface area contributed by atoms with Gasteiger partial charge in [-0.3, -0.25) is 0 Å². The molecule has 114 valence electrons. The highest BCUT2D eigenvalue weighted by Crippen LogP contribution is 2.23. The summed E-state index contributed by atoms with van der Waals surface area (Å²) in [6.45, 7) is 1.66. The Morgan fingerprint density at radius 3 is 2.80 bits per heavy atom. The topological polar surface area (TPSA) is 90.3 Å². The minimum Gasteiger partial charge on any atom is -0.479 e. The van der Waals surface area contributed by atoms with Gasteiger partial charge in [-0.25, -0.2) is 9.59 Å². The monoisotopic (exact) mass is 286 g/mol. The number of aliphatic hydroxyl groups is 1. The summed E-state index contributed by atoms with van der Waals surface area (Å²) in [4.78, 5) is 26.8. The van der Waals surface area contributed by atoms with Crippen LogP contribution in [-0.4, -0.2) is 77.0 Å². The third kappa shape index (κ3) is 3.40. The largest absolute Gasteiger partial charge is 0.479 e. The predicted molar refractivity (Wildman–Crippen MR) is 70.4 cm³/mol. The van der Waals surface area contributed by atoms with Gasteiger partial charge in [-0.05, 0) is 25.7 Å². The Labute approximate surface area is 118 Å². The molecule has 7 nitrogen and oxygen atoms in total. The van der Waals surface area contributed by atoms with E-state index in [-0.39, 0.29) is 31.8 Å². The summed E-state index contributed by atoms with van der Waals surface area (Å²) in [7, 11) is 0. The summed E-state index contributed by atoms with van der Waals surface area (Å²) in [5, 5.41) is 17.9. The molecule has 2 N–H and O–H groups in total. The van der Waals surface area contributed by atoms with Crippen LogP contribution in [0.4, 0.5) is 4.79 Å². The van der Waals surface area contributed by atoms with Crippen molar-refractivity contribution in [1.29, 1.82) is 0 Å². The molecular formula is C13H22N2O5. The van der Waals surface area contributed by atoms with Gasteiger partial charge in [0.2, 0.25) is 0 Å². The van der Waals surface area contributed by atoms with Crippen molar-refractivity contribution >= 4 is 12.0 Å². The number of carbonyl (C=O) groups excluding carboxylic acids is 1. The zero-order valence-corrected chi connectivity index (χ0v) is 11.5. The molecule has 0 spiro atoms. The number of rotatable bonds is 4. The van der Waals surface area contributed by atoms with Crippen LogP contribution in [0.25, 0.3) is 0 Å². The number of carboxylic acids is 1. The van der Waals surface area contributed by atoms with Crippen LogP contribution in [0, 0.1) is 0 Å². The van der Waals surface area contributed by atoms with E-state index >= 15 is 0 Å². The average Bonchev–Trinajstić information content (AvgIpc) is 2.92. The quantitative estimate of drug-likeness (QED) is 0.766. The van der Waals surface area contributed by atoms with Crippen LogP contribution in [0.5, 0.6) is 0 Å². The number of urea groups is 1. The Morgan fingerprint density at radius 1 is 1.30 bits per heavy atom. The summed E-state index contributed by atoms with van der Waals surface area (Å²) in [5.41, 5.74) is 0. The molecule has 2 aliphatic rings. The number of nitrogens with zero attached hydrogens (tertiary/aromatic N) is 2. The molecule has 2 unspecified atom stereocenters. The Morgan fingerprint density at radius 2 is 2.10 bits per heavy atom. The molecule has 0 radical (unpaired) electrons. The van der Waals surface area contributed by atoms with E-state index < -0.39 is 12.1 Å². The fraction of sp³-hybridized carbons (Fsp3) is 0.846. The SMILES string of the molecule is O=C(O)C1CN(C(=O)N2CCCC2CCCO)CCO1. The number of amides is 2. The van der Waals surface area contributed by atoms with E-state index in [1.54, 1.807) is 4.90 Å². The third-order valence-corrected chi connectivity index (χ3v) is 3.93. The van der Waals surface area contributed by atoms with E-state index in [1.807, 2.05) is 4.90 Å². The van der Waals surface area contributed by atoms with Crippen molar-refractivity contribution in [3.8, 4) is 0 Å². The van der Waals surface area contributed by atoms with Crippen LogP contribution >= 0.6 is 0 Å². The van der Waals surface area contributed by atoms with Gasteiger partial charge in [-0.1, -0.05) is 0 Å². The first-order valence-corrected chi connectivity index (χ1v) is 7.14.